The topological polar surface area (TPSA) is 110 Å². The minimum absolute atomic E-state index is 0.00363. The number of benzene rings is 1. The number of esters is 4. The minimum atomic E-state index is -0.963. The van der Waals surface area contributed by atoms with Gasteiger partial charge in [-0.3, -0.25) is 4.57 Å². The molecule has 0 fully saturated rings. The number of ether oxygens (including phenoxy) is 4. The number of aromatic nitrogens is 1. The first-order valence-electron chi connectivity index (χ1n) is 10.4. The third kappa shape index (κ3) is 4.99. The molecule has 0 saturated heterocycles. The molecule has 0 N–H and O–H groups in total. The molecular formula is C23H27NO8. The Bertz CT molecular complexity index is 946. The van der Waals surface area contributed by atoms with Crippen LogP contribution in [-0.2, 0) is 18.9 Å². The molecule has 0 spiro atoms. The zero-order valence-corrected chi connectivity index (χ0v) is 18.9. The summed E-state index contributed by atoms with van der Waals surface area (Å²) in [7, 11) is 0. The molecule has 0 radical (unpaired) electrons. The van der Waals surface area contributed by atoms with Crippen LogP contribution in [0.15, 0.2) is 24.3 Å². The predicted molar refractivity (Wildman–Crippen MR) is 114 cm³/mol. The lowest BCUT2D eigenvalue weighted by molar-refractivity contribution is 0.0453. The zero-order valence-electron chi connectivity index (χ0n) is 18.9. The van der Waals surface area contributed by atoms with Crippen LogP contribution < -0.4 is 0 Å². The van der Waals surface area contributed by atoms with Crippen LogP contribution in [0.1, 0.15) is 75.0 Å². The number of rotatable bonds is 9. The van der Waals surface area contributed by atoms with Crippen molar-refractivity contribution in [3.63, 3.8) is 0 Å². The van der Waals surface area contributed by atoms with Gasteiger partial charge in [-0.1, -0.05) is 17.7 Å². The van der Waals surface area contributed by atoms with Crippen molar-refractivity contribution in [2.24, 2.45) is 0 Å². The van der Waals surface area contributed by atoms with E-state index < -0.39 is 35.0 Å². The van der Waals surface area contributed by atoms with Crippen molar-refractivity contribution >= 4 is 23.9 Å². The van der Waals surface area contributed by atoms with E-state index in [9.17, 15) is 19.2 Å². The SMILES string of the molecule is CCOC(=O)c1c(C(=O)OCC)c(C(=O)OCC)n(-c2ccc(C)cc2)c1C(=O)OCC. The van der Waals surface area contributed by atoms with Gasteiger partial charge in [0.05, 0.1) is 26.4 Å². The standard InChI is InChI=1S/C23H27NO8/c1-6-29-20(25)16-17(21(26)30-7-2)19(23(28)32-9-4)24(18(16)22(27)31-8-3)15-12-10-14(5)11-13-15/h10-13H,6-9H2,1-5H3. The molecule has 0 unspecified atom stereocenters. The molecule has 2 rings (SSSR count). The first kappa shape index (κ1) is 24.6. The first-order chi connectivity index (χ1) is 15.3. The van der Waals surface area contributed by atoms with Gasteiger partial charge in [-0.15, -0.1) is 0 Å². The van der Waals surface area contributed by atoms with Gasteiger partial charge in [-0.25, -0.2) is 19.2 Å². The molecule has 0 saturated carbocycles. The molecule has 9 heteroatoms. The molecular weight excluding hydrogens is 418 g/mol. The highest BCUT2D eigenvalue weighted by Crippen LogP contribution is 2.31. The van der Waals surface area contributed by atoms with E-state index in [0.717, 1.165) is 5.56 Å². The summed E-state index contributed by atoms with van der Waals surface area (Å²) in [5, 5.41) is 0. The van der Waals surface area contributed by atoms with Crippen LogP contribution in [0.4, 0.5) is 0 Å². The average Bonchev–Trinajstić information content (AvgIpc) is 3.11. The predicted octanol–water partition coefficient (Wildman–Crippen LogP) is 3.49. The fourth-order valence-electron chi connectivity index (χ4n) is 3.11. The third-order valence-corrected chi connectivity index (χ3v) is 4.36. The van der Waals surface area contributed by atoms with Crippen molar-refractivity contribution < 1.29 is 38.1 Å². The van der Waals surface area contributed by atoms with E-state index in [1.807, 2.05) is 6.92 Å². The fourth-order valence-corrected chi connectivity index (χ4v) is 3.11. The number of hydrogen-bond acceptors (Lipinski definition) is 8. The van der Waals surface area contributed by atoms with Crippen molar-refractivity contribution in [2.75, 3.05) is 26.4 Å². The second kappa shape index (κ2) is 11.1. The molecule has 32 heavy (non-hydrogen) atoms. The number of carbonyl (C=O) groups is 4. The van der Waals surface area contributed by atoms with Crippen molar-refractivity contribution in [2.45, 2.75) is 34.6 Å². The maximum atomic E-state index is 13.0. The molecule has 1 aromatic carbocycles. The third-order valence-electron chi connectivity index (χ3n) is 4.36. The van der Waals surface area contributed by atoms with Gasteiger partial charge in [0, 0.05) is 5.69 Å². The summed E-state index contributed by atoms with van der Waals surface area (Å²) in [4.78, 5) is 51.9. The molecule has 9 nitrogen and oxygen atoms in total. The smallest absolute Gasteiger partial charge is 0.356 e. The Hall–Kier alpha value is -3.62. The second-order valence-corrected chi connectivity index (χ2v) is 6.50. The van der Waals surface area contributed by atoms with Gasteiger partial charge in [0.25, 0.3) is 0 Å². The van der Waals surface area contributed by atoms with E-state index in [2.05, 4.69) is 0 Å². The van der Waals surface area contributed by atoms with Gasteiger partial charge in [0.15, 0.2) is 0 Å². The van der Waals surface area contributed by atoms with Gasteiger partial charge >= 0.3 is 23.9 Å². The quantitative estimate of drug-likeness (QED) is 0.426. The average molecular weight is 445 g/mol. The highest BCUT2D eigenvalue weighted by molar-refractivity contribution is 6.16. The van der Waals surface area contributed by atoms with Crippen molar-refractivity contribution in [1.82, 2.24) is 4.57 Å². The van der Waals surface area contributed by atoms with E-state index in [4.69, 9.17) is 18.9 Å². The summed E-state index contributed by atoms with van der Waals surface area (Å²) < 4.78 is 21.7. The Balaban J connectivity index is 3.06. The fraction of sp³-hybridized carbons (Fsp3) is 0.391. The monoisotopic (exact) mass is 445 g/mol. The van der Waals surface area contributed by atoms with Crippen LogP contribution in [0.5, 0.6) is 0 Å². The lowest BCUT2D eigenvalue weighted by Gasteiger charge is -2.13. The Morgan fingerprint density at radius 3 is 1.31 bits per heavy atom. The second-order valence-electron chi connectivity index (χ2n) is 6.50. The first-order valence-corrected chi connectivity index (χ1v) is 10.4. The molecule has 2 aromatic rings. The Kier molecular flexibility index (Phi) is 8.57. The normalized spacial score (nSPS) is 10.4. The Labute approximate surface area is 186 Å². The van der Waals surface area contributed by atoms with Crippen LogP contribution in [-0.4, -0.2) is 54.9 Å². The van der Waals surface area contributed by atoms with Crippen LogP contribution in [0.2, 0.25) is 0 Å². The van der Waals surface area contributed by atoms with Crippen LogP contribution in [0.25, 0.3) is 5.69 Å². The van der Waals surface area contributed by atoms with Crippen molar-refractivity contribution in [3.8, 4) is 5.69 Å². The summed E-state index contributed by atoms with van der Waals surface area (Å²) in [6.07, 6.45) is 0. The van der Waals surface area contributed by atoms with E-state index in [-0.39, 0.29) is 37.8 Å². The van der Waals surface area contributed by atoms with E-state index in [0.29, 0.717) is 5.69 Å². The molecule has 0 aliphatic heterocycles. The highest BCUT2D eigenvalue weighted by atomic mass is 16.5. The zero-order chi connectivity index (χ0) is 23.8. The Morgan fingerprint density at radius 2 is 0.969 bits per heavy atom. The van der Waals surface area contributed by atoms with Crippen LogP contribution in [0.3, 0.4) is 0 Å². The van der Waals surface area contributed by atoms with Gasteiger partial charge in [0.1, 0.15) is 22.5 Å². The number of nitrogens with zero attached hydrogens (tertiary/aromatic N) is 1. The molecule has 0 aliphatic rings. The van der Waals surface area contributed by atoms with Crippen LogP contribution >= 0.6 is 0 Å². The largest absolute Gasteiger partial charge is 0.462 e. The Morgan fingerprint density at radius 1 is 0.625 bits per heavy atom. The summed E-state index contributed by atoms with van der Waals surface area (Å²) in [5.41, 5.74) is -0.185. The lowest BCUT2D eigenvalue weighted by Crippen LogP contribution is -2.19. The minimum Gasteiger partial charge on any atom is -0.462 e. The number of aryl methyl sites for hydroxylation is 1. The molecule has 0 amide bonds. The lowest BCUT2D eigenvalue weighted by atomic mass is 10.1. The number of hydrogen-bond donors (Lipinski definition) is 0. The van der Waals surface area contributed by atoms with Gasteiger partial charge in [-0.2, -0.15) is 0 Å². The summed E-state index contributed by atoms with van der Waals surface area (Å²) in [6.45, 7) is 8.19. The molecule has 0 aliphatic carbocycles. The van der Waals surface area contributed by atoms with E-state index >= 15 is 0 Å². The maximum absolute atomic E-state index is 13.0. The van der Waals surface area contributed by atoms with Gasteiger partial charge in [-0.05, 0) is 46.8 Å². The van der Waals surface area contributed by atoms with Gasteiger partial charge < -0.3 is 18.9 Å². The van der Waals surface area contributed by atoms with Crippen molar-refractivity contribution in [3.05, 3.63) is 52.3 Å². The molecule has 1 heterocycles. The summed E-state index contributed by atoms with van der Waals surface area (Å²) >= 11 is 0. The molecule has 172 valence electrons. The molecule has 1 aromatic heterocycles. The maximum Gasteiger partial charge on any atom is 0.356 e. The van der Waals surface area contributed by atoms with Crippen LogP contribution in [0, 0.1) is 6.92 Å². The van der Waals surface area contributed by atoms with E-state index in [1.54, 1.807) is 52.0 Å². The number of carbonyl (C=O) groups excluding carboxylic acids is 4. The van der Waals surface area contributed by atoms with E-state index in [1.165, 1.54) is 4.57 Å². The van der Waals surface area contributed by atoms with Crippen molar-refractivity contribution in [1.29, 1.82) is 0 Å². The molecule has 0 bridgehead atoms. The molecule has 0 atom stereocenters. The highest BCUT2D eigenvalue weighted by Gasteiger charge is 2.40. The summed E-state index contributed by atoms with van der Waals surface area (Å²) in [6, 6.07) is 6.80. The summed E-state index contributed by atoms with van der Waals surface area (Å²) in [5.74, 6) is -3.74. The van der Waals surface area contributed by atoms with Gasteiger partial charge in [0.2, 0.25) is 0 Å².